The first kappa shape index (κ1) is 7.22. The van der Waals surface area contributed by atoms with E-state index in [1.807, 2.05) is 24.3 Å². The summed E-state index contributed by atoms with van der Waals surface area (Å²) in [5.41, 5.74) is 1.11. The van der Waals surface area contributed by atoms with E-state index in [0.717, 1.165) is 23.5 Å². The van der Waals surface area contributed by atoms with Gasteiger partial charge in [-0.15, -0.1) is 6.58 Å². The van der Waals surface area contributed by atoms with Gasteiger partial charge in [0.25, 0.3) is 0 Å². The highest BCUT2D eigenvalue weighted by Gasteiger charge is 2.16. The van der Waals surface area contributed by atoms with Gasteiger partial charge in [-0.3, -0.25) is 0 Å². The minimum absolute atomic E-state index is 0.786. The Morgan fingerprint density at radius 2 is 2.25 bits per heavy atom. The Balaban J connectivity index is 2.42. The first-order valence-corrected chi connectivity index (χ1v) is 3.79. The van der Waals surface area contributed by atoms with Crippen molar-refractivity contribution in [2.75, 3.05) is 0 Å². The Morgan fingerprint density at radius 3 is 3.08 bits per heavy atom. The van der Waals surface area contributed by atoms with Gasteiger partial charge in [0.05, 0.1) is 0 Å². The van der Waals surface area contributed by atoms with Crippen molar-refractivity contribution in [3.63, 3.8) is 0 Å². The number of para-hydroxylation sites is 1. The number of benzene rings is 1. The summed E-state index contributed by atoms with van der Waals surface area (Å²) in [7, 11) is 0. The van der Waals surface area contributed by atoms with Crippen molar-refractivity contribution in [1.82, 2.24) is 0 Å². The van der Waals surface area contributed by atoms with Crippen molar-refractivity contribution < 1.29 is 9.47 Å². The van der Waals surface area contributed by atoms with Gasteiger partial charge >= 0.3 is 6.79 Å². The Morgan fingerprint density at radius 1 is 1.33 bits per heavy atom. The topological polar surface area (TPSA) is 18.5 Å². The molecule has 0 N–H and O–H groups in total. The predicted octanol–water partition coefficient (Wildman–Crippen LogP) is 2.31. The Labute approximate surface area is 71.4 Å². The monoisotopic (exact) mass is 161 g/mol. The third-order valence-corrected chi connectivity index (χ3v) is 1.77. The minimum Gasteiger partial charge on any atom is -0.444 e. The summed E-state index contributed by atoms with van der Waals surface area (Å²) in [6, 6.07) is 5.83. The van der Waals surface area contributed by atoms with E-state index in [4.69, 9.17) is 9.47 Å². The van der Waals surface area contributed by atoms with E-state index in [0.29, 0.717) is 0 Å². The van der Waals surface area contributed by atoms with Crippen LogP contribution in [0.4, 0.5) is 0 Å². The molecule has 2 heteroatoms. The Hall–Kier alpha value is -1.44. The highest BCUT2D eigenvalue weighted by molar-refractivity contribution is 5.49. The Kier molecular flexibility index (Phi) is 1.74. The van der Waals surface area contributed by atoms with Crippen molar-refractivity contribution in [3.05, 3.63) is 43.2 Å². The maximum absolute atomic E-state index is 5.19. The molecule has 12 heavy (non-hydrogen) atoms. The first-order chi connectivity index (χ1) is 5.92. The second-order valence-corrected chi connectivity index (χ2v) is 2.57. The average molecular weight is 161 g/mol. The second kappa shape index (κ2) is 2.89. The third-order valence-electron chi connectivity index (χ3n) is 1.77. The van der Waals surface area contributed by atoms with Gasteiger partial charge in [-0.05, 0) is 12.5 Å². The van der Waals surface area contributed by atoms with Gasteiger partial charge in [0.2, 0.25) is 0 Å². The maximum atomic E-state index is 5.19. The smallest absolute Gasteiger partial charge is 0.316 e. The molecule has 0 aliphatic carbocycles. The summed E-state index contributed by atoms with van der Waals surface area (Å²) in [5, 5.41) is 0. The standard InChI is InChI=1S/C10H9O2/c1-2-4-8-5-3-6-9-10(8)12-7-11-9/h2-3,5-7H,1,4H2. The summed E-state index contributed by atoms with van der Waals surface area (Å²) in [5.74, 6) is 1.60. The van der Waals surface area contributed by atoms with E-state index >= 15 is 0 Å². The van der Waals surface area contributed by atoms with Crippen LogP contribution in [0.15, 0.2) is 30.9 Å². The third kappa shape index (κ3) is 1.05. The van der Waals surface area contributed by atoms with Crippen LogP contribution in [0.1, 0.15) is 5.56 Å². The molecule has 1 radical (unpaired) electrons. The molecule has 0 bridgehead atoms. The van der Waals surface area contributed by atoms with Crippen molar-refractivity contribution in [2.24, 2.45) is 0 Å². The van der Waals surface area contributed by atoms with Gasteiger partial charge in [0, 0.05) is 5.56 Å². The zero-order valence-corrected chi connectivity index (χ0v) is 6.62. The van der Waals surface area contributed by atoms with Gasteiger partial charge in [-0.2, -0.15) is 0 Å². The predicted molar refractivity (Wildman–Crippen MR) is 45.9 cm³/mol. The molecule has 1 aliphatic heterocycles. The molecule has 0 fully saturated rings. The van der Waals surface area contributed by atoms with Crippen LogP contribution < -0.4 is 9.47 Å². The molecule has 0 spiro atoms. The summed E-state index contributed by atoms with van der Waals surface area (Å²) in [6.45, 7) is 5.02. The average Bonchev–Trinajstić information content (AvgIpc) is 2.53. The zero-order chi connectivity index (χ0) is 8.39. The van der Waals surface area contributed by atoms with E-state index in [-0.39, 0.29) is 0 Å². The van der Waals surface area contributed by atoms with E-state index in [2.05, 4.69) is 6.58 Å². The molecular formula is C10H9O2. The lowest BCUT2D eigenvalue weighted by Crippen LogP contribution is -1.86. The van der Waals surface area contributed by atoms with Crippen molar-refractivity contribution in [3.8, 4) is 11.5 Å². The van der Waals surface area contributed by atoms with Gasteiger partial charge in [0.1, 0.15) is 0 Å². The lowest BCUT2D eigenvalue weighted by Gasteiger charge is -2.01. The molecule has 61 valence electrons. The highest BCUT2D eigenvalue weighted by atomic mass is 16.7. The van der Waals surface area contributed by atoms with Gasteiger partial charge in [0.15, 0.2) is 11.5 Å². The molecule has 0 amide bonds. The molecule has 1 heterocycles. The molecule has 1 aromatic rings. The van der Waals surface area contributed by atoms with E-state index in [1.54, 1.807) is 0 Å². The summed E-state index contributed by atoms with van der Waals surface area (Å²) in [4.78, 5) is 0. The molecular weight excluding hydrogens is 152 g/mol. The minimum atomic E-state index is 0.786. The van der Waals surface area contributed by atoms with Crippen LogP contribution in [0.2, 0.25) is 0 Å². The van der Waals surface area contributed by atoms with Crippen LogP contribution in [0.5, 0.6) is 11.5 Å². The normalized spacial score (nSPS) is 13.0. The maximum Gasteiger partial charge on any atom is 0.316 e. The van der Waals surface area contributed by atoms with Crippen molar-refractivity contribution >= 4 is 0 Å². The lowest BCUT2D eigenvalue weighted by atomic mass is 10.1. The fourth-order valence-corrected chi connectivity index (χ4v) is 1.23. The number of rotatable bonds is 2. The van der Waals surface area contributed by atoms with Crippen LogP contribution in [-0.4, -0.2) is 0 Å². The molecule has 0 saturated carbocycles. The summed E-state index contributed by atoms with van der Waals surface area (Å²) >= 11 is 0. The Bertz CT molecular complexity index is 305. The fraction of sp³-hybridized carbons (Fsp3) is 0.100. The number of hydrogen-bond acceptors (Lipinski definition) is 2. The first-order valence-electron chi connectivity index (χ1n) is 3.79. The summed E-state index contributed by atoms with van der Waals surface area (Å²) < 4.78 is 10.3. The SMILES string of the molecule is C=CCc1cccc2c1O[CH]O2. The van der Waals surface area contributed by atoms with Crippen LogP contribution >= 0.6 is 0 Å². The van der Waals surface area contributed by atoms with Gasteiger partial charge in [-0.1, -0.05) is 18.2 Å². The number of hydrogen-bond donors (Lipinski definition) is 0. The van der Waals surface area contributed by atoms with E-state index in [9.17, 15) is 0 Å². The molecule has 1 aliphatic rings. The quantitative estimate of drug-likeness (QED) is 0.619. The fourth-order valence-electron chi connectivity index (χ4n) is 1.23. The number of allylic oxidation sites excluding steroid dienone is 1. The molecule has 1 aromatic carbocycles. The zero-order valence-electron chi connectivity index (χ0n) is 6.62. The van der Waals surface area contributed by atoms with Crippen LogP contribution in [0.25, 0.3) is 0 Å². The molecule has 0 saturated heterocycles. The lowest BCUT2D eigenvalue weighted by molar-refractivity contribution is 0.270. The van der Waals surface area contributed by atoms with Crippen molar-refractivity contribution in [2.45, 2.75) is 6.42 Å². The molecule has 0 aromatic heterocycles. The van der Waals surface area contributed by atoms with Crippen LogP contribution in [0.3, 0.4) is 0 Å². The van der Waals surface area contributed by atoms with Crippen LogP contribution in [-0.2, 0) is 6.42 Å². The summed E-state index contributed by atoms with van der Waals surface area (Å²) in [6.07, 6.45) is 2.65. The van der Waals surface area contributed by atoms with E-state index < -0.39 is 0 Å². The van der Waals surface area contributed by atoms with Crippen molar-refractivity contribution in [1.29, 1.82) is 0 Å². The molecule has 0 unspecified atom stereocenters. The molecule has 2 rings (SSSR count). The largest absolute Gasteiger partial charge is 0.444 e. The van der Waals surface area contributed by atoms with Gasteiger partial charge < -0.3 is 9.47 Å². The second-order valence-electron chi connectivity index (χ2n) is 2.57. The number of fused-ring (bicyclic) bond motifs is 1. The highest BCUT2D eigenvalue weighted by Crippen LogP contribution is 2.36. The van der Waals surface area contributed by atoms with Gasteiger partial charge in [-0.25, -0.2) is 0 Å². The number of ether oxygens (including phenoxy) is 2. The molecule has 0 atom stereocenters. The van der Waals surface area contributed by atoms with E-state index in [1.165, 1.54) is 6.79 Å². The molecule has 2 nitrogen and oxygen atoms in total. The van der Waals surface area contributed by atoms with Crippen LogP contribution in [0, 0.1) is 6.79 Å².